The molecule has 25 heavy (non-hydrogen) atoms. The van der Waals surface area contributed by atoms with E-state index in [0.29, 0.717) is 6.61 Å². The van der Waals surface area contributed by atoms with Crippen LogP contribution in [0, 0.1) is 0 Å². The Kier molecular flexibility index (Phi) is 13.0. The van der Waals surface area contributed by atoms with Gasteiger partial charge in [-0.2, -0.15) is 0 Å². The van der Waals surface area contributed by atoms with Crippen LogP contribution in [-0.4, -0.2) is 36.5 Å². The summed E-state index contributed by atoms with van der Waals surface area (Å²) >= 11 is 0. The van der Waals surface area contributed by atoms with Crippen LogP contribution in [0.4, 0.5) is 0 Å². The minimum atomic E-state index is -0.272. The molecule has 0 spiro atoms. The molecule has 0 saturated carbocycles. The van der Waals surface area contributed by atoms with Gasteiger partial charge in [-0.05, 0) is 32.1 Å². The number of allylic oxidation sites excluding steroid dienone is 1. The summed E-state index contributed by atoms with van der Waals surface area (Å²) in [6.07, 6.45) is 18.1. The van der Waals surface area contributed by atoms with Gasteiger partial charge in [0.1, 0.15) is 6.61 Å². The second-order valence-corrected chi connectivity index (χ2v) is 7.01. The molecule has 1 saturated heterocycles. The lowest BCUT2D eigenvalue weighted by Gasteiger charge is -2.26. The molecule has 0 radical (unpaired) electrons. The highest BCUT2D eigenvalue weighted by molar-refractivity contribution is 5.81. The molecule has 1 fully saturated rings. The van der Waals surface area contributed by atoms with Crippen molar-refractivity contribution in [3.8, 4) is 0 Å². The van der Waals surface area contributed by atoms with Gasteiger partial charge in [0.05, 0.1) is 6.42 Å². The second kappa shape index (κ2) is 15.0. The molecule has 0 aromatic heterocycles. The molecular weight excluding hydrogens is 314 g/mol. The Morgan fingerprint density at radius 2 is 1.56 bits per heavy atom. The van der Waals surface area contributed by atoms with Gasteiger partial charge in [0, 0.05) is 19.5 Å². The van der Waals surface area contributed by atoms with Gasteiger partial charge in [-0.3, -0.25) is 9.59 Å². The summed E-state index contributed by atoms with van der Waals surface area (Å²) in [5.74, 6) is -0.183. The first-order valence-electron chi connectivity index (χ1n) is 10.3. The van der Waals surface area contributed by atoms with Gasteiger partial charge in [-0.15, -0.1) is 0 Å². The molecule has 0 N–H and O–H groups in total. The van der Waals surface area contributed by atoms with Crippen molar-refractivity contribution >= 4 is 11.9 Å². The van der Waals surface area contributed by atoms with Crippen LogP contribution in [0.15, 0.2) is 12.2 Å². The maximum atomic E-state index is 12.0. The van der Waals surface area contributed by atoms with E-state index in [1.165, 1.54) is 51.4 Å². The predicted octanol–water partition coefficient (Wildman–Crippen LogP) is 5.02. The highest BCUT2D eigenvalue weighted by atomic mass is 16.5. The lowest BCUT2D eigenvalue weighted by Crippen LogP contribution is -2.35. The molecule has 1 heterocycles. The first-order valence-corrected chi connectivity index (χ1v) is 10.3. The lowest BCUT2D eigenvalue weighted by molar-refractivity contribution is -0.145. The van der Waals surface area contributed by atoms with Crippen molar-refractivity contribution in [3.63, 3.8) is 0 Å². The van der Waals surface area contributed by atoms with Crippen LogP contribution in [0.2, 0.25) is 0 Å². The zero-order valence-electron chi connectivity index (χ0n) is 16.1. The molecule has 144 valence electrons. The molecule has 1 amide bonds. The normalized spacial score (nSPS) is 14.8. The first kappa shape index (κ1) is 21.7. The molecule has 0 aliphatic carbocycles. The molecule has 4 nitrogen and oxygen atoms in total. The maximum absolute atomic E-state index is 12.0. The van der Waals surface area contributed by atoms with Crippen molar-refractivity contribution in [1.29, 1.82) is 0 Å². The van der Waals surface area contributed by atoms with Crippen LogP contribution in [0.1, 0.15) is 90.4 Å². The van der Waals surface area contributed by atoms with Crippen molar-refractivity contribution in [1.82, 2.24) is 4.90 Å². The van der Waals surface area contributed by atoms with E-state index in [4.69, 9.17) is 4.74 Å². The number of likely N-dealkylation sites (tertiary alicyclic amines) is 1. The van der Waals surface area contributed by atoms with Crippen LogP contribution >= 0.6 is 0 Å². The standard InChI is InChI=1S/C21H37NO3/c1-2-3-4-5-6-7-8-9-10-14-19-25-21(24)16-15-20(23)22-17-12-11-13-18-22/h10,14H,2-9,11-13,15-19H2,1H3/b14-10+. The number of rotatable bonds is 13. The summed E-state index contributed by atoms with van der Waals surface area (Å²) in [6, 6.07) is 0. The zero-order valence-corrected chi connectivity index (χ0v) is 16.1. The van der Waals surface area contributed by atoms with Crippen molar-refractivity contribution in [2.24, 2.45) is 0 Å². The molecule has 1 aliphatic heterocycles. The molecule has 0 aromatic rings. The Bertz CT molecular complexity index is 387. The summed E-state index contributed by atoms with van der Waals surface area (Å²) in [5, 5.41) is 0. The molecule has 0 bridgehead atoms. The van der Waals surface area contributed by atoms with E-state index in [1.807, 2.05) is 11.0 Å². The number of ether oxygens (including phenoxy) is 1. The Labute approximate surface area is 154 Å². The topological polar surface area (TPSA) is 46.6 Å². The largest absolute Gasteiger partial charge is 0.461 e. The van der Waals surface area contributed by atoms with Gasteiger partial charge >= 0.3 is 5.97 Å². The third-order valence-corrected chi connectivity index (χ3v) is 4.73. The molecular formula is C21H37NO3. The molecule has 4 heteroatoms. The number of amides is 1. The molecule has 1 aliphatic rings. The summed E-state index contributed by atoms with van der Waals surface area (Å²) in [4.78, 5) is 25.5. The van der Waals surface area contributed by atoms with E-state index in [0.717, 1.165) is 32.4 Å². The highest BCUT2D eigenvalue weighted by Gasteiger charge is 2.17. The fourth-order valence-corrected chi connectivity index (χ4v) is 3.13. The van der Waals surface area contributed by atoms with Gasteiger partial charge < -0.3 is 9.64 Å². The van der Waals surface area contributed by atoms with Crippen molar-refractivity contribution in [2.75, 3.05) is 19.7 Å². The molecule has 1 rings (SSSR count). The average molecular weight is 352 g/mol. The number of carbonyl (C=O) groups excluding carboxylic acids is 2. The first-order chi connectivity index (χ1) is 12.2. The summed E-state index contributed by atoms with van der Waals surface area (Å²) in [5.41, 5.74) is 0. The smallest absolute Gasteiger partial charge is 0.306 e. The van der Waals surface area contributed by atoms with Crippen LogP contribution in [0.3, 0.4) is 0 Å². The quantitative estimate of drug-likeness (QED) is 0.266. The molecule has 0 atom stereocenters. The van der Waals surface area contributed by atoms with Gasteiger partial charge in [0.2, 0.25) is 5.91 Å². The Balaban J connectivity index is 1.93. The van der Waals surface area contributed by atoms with Crippen LogP contribution < -0.4 is 0 Å². The number of unbranched alkanes of at least 4 members (excludes halogenated alkanes) is 7. The number of carbonyl (C=O) groups is 2. The van der Waals surface area contributed by atoms with Gasteiger partial charge in [0.25, 0.3) is 0 Å². The maximum Gasteiger partial charge on any atom is 0.306 e. The SMILES string of the molecule is CCCCCCCCC/C=C/COC(=O)CCC(=O)N1CCCCC1. The van der Waals surface area contributed by atoms with Crippen molar-refractivity contribution < 1.29 is 14.3 Å². The van der Waals surface area contributed by atoms with Crippen LogP contribution in [0.5, 0.6) is 0 Å². The van der Waals surface area contributed by atoms with Crippen molar-refractivity contribution in [3.05, 3.63) is 12.2 Å². The zero-order chi connectivity index (χ0) is 18.2. The highest BCUT2D eigenvalue weighted by Crippen LogP contribution is 2.11. The number of piperidine rings is 1. The van der Waals surface area contributed by atoms with E-state index in [-0.39, 0.29) is 24.7 Å². The van der Waals surface area contributed by atoms with Crippen molar-refractivity contribution in [2.45, 2.75) is 90.4 Å². The third kappa shape index (κ3) is 11.8. The minimum Gasteiger partial charge on any atom is -0.461 e. The fourth-order valence-electron chi connectivity index (χ4n) is 3.13. The number of hydrogen-bond donors (Lipinski definition) is 0. The van der Waals surface area contributed by atoms with Gasteiger partial charge in [0.15, 0.2) is 0 Å². The van der Waals surface area contributed by atoms with E-state index in [9.17, 15) is 9.59 Å². The number of hydrogen-bond acceptors (Lipinski definition) is 3. The molecule has 0 aromatic carbocycles. The fraction of sp³-hybridized carbons (Fsp3) is 0.810. The Hall–Kier alpha value is -1.32. The predicted molar refractivity (Wildman–Crippen MR) is 102 cm³/mol. The van der Waals surface area contributed by atoms with E-state index >= 15 is 0 Å². The summed E-state index contributed by atoms with van der Waals surface area (Å²) in [7, 11) is 0. The van der Waals surface area contributed by atoms with Crippen LogP contribution in [-0.2, 0) is 14.3 Å². The van der Waals surface area contributed by atoms with Gasteiger partial charge in [-0.25, -0.2) is 0 Å². The monoisotopic (exact) mass is 351 g/mol. The van der Waals surface area contributed by atoms with E-state index in [2.05, 4.69) is 13.0 Å². The summed E-state index contributed by atoms with van der Waals surface area (Å²) < 4.78 is 5.16. The minimum absolute atomic E-state index is 0.0890. The third-order valence-electron chi connectivity index (χ3n) is 4.73. The molecule has 0 unspecified atom stereocenters. The summed E-state index contributed by atoms with van der Waals surface area (Å²) in [6.45, 7) is 4.25. The van der Waals surface area contributed by atoms with Gasteiger partial charge in [-0.1, -0.05) is 57.6 Å². The Morgan fingerprint density at radius 3 is 2.28 bits per heavy atom. The average Bonchev–Trinajstić information content (AvgIpc) is 2.65. The van der Waals surface area contributed by atoms with Crippen LogP contribution in [0.25, 0.3) is 0 Å². The second-order valence-electron chi connectivity index (χ2n) is 7.01. The van der Waals surface area contributed by atoms with E-state index in [1.54, 1.807) is 0 Å². The lowest BCUT2D eigenvalue weighted by atomic mass is 10.1. The number of esters is 1. The number of nitrogens with zero attached hydrogens (tertiary/aromatic N) is 1. The Morgan fingerprint density at radius 1 is 0.880 bits per heavy atom. The van der Waals surface area contributed by atoms with E-state index < -0.39 is 0 Å².